The second-order valence-corrected chi connectivity index (χ2v) is 8.18. The zero-order valence-electron chi connectivity index (χ0n) is 15.9. The van der Waals surface area contributed by atoms with Crippen LogP contribution in [0.25, 0.3) is 11.5 Å². The summed E-state index contributed by atoms with van der Waals surface area (Å²) in [7, 11) is 1.66. The molecule has 0 atom stereocenters. The van der Waals surface area contributed by atoms with Crippen molar-refractivity contribution >= 4 is 17.7 Å². The number of aromatic nitrogens is 4. The maximum absolute atomic E-state index is 5.67. The summed E-state index contributed by atoms with van der Waals surface area (Å²) in [6.07, 6.45) is 6.65. The number of oxazole rings is 1. The molecule has 1 aliphatic carbocycles. The Bertz CT molecular complexity index is 942. The molecule has 0 amide bonds. The number of ether oxygens (including phenoxy) is 1. The largest absolute Gasteiger partial charge is 0.497 e. The summed E-state index contributed by atoms with van der Waals surface area (Å²) in [4.78, 5) is 7.00. The van der Waals surface area contributed by atoms with Crippen molar-refractivity contribution in [2.24, 2.45) is 0 Å². The highest BCUT2D eigenvalue weighted by Gasteiger charge is 2.32. The monoisotopic (exact) mass is 397 g/mol. The highest BCUT2D eigenvalue weighted by atomic mass is 32.2. The molecular formula is C20H23N5O2S. The van der Waals surface area contributed by atoms with E-state index >= 15 is 0 Å². The molecule has 1 saturated heterocycles. The first kappa shape index (κ1) is 17.6. The number of hydrogen-bond acceptors (Lipinski definition) is 7. The average Bonchev–Trinajstić information content (AvgIpc) is 3.16. The number of anilines is 1. The smallest absolute Gasteiger partial charge is 0.228 e. The molecule has 0 spiro atoms. The van der Waals surface area contributed by atoms with E-state index in [9.17, 15) is 0 Å². The maximum Gasteiger partial charge on any atom is 0.228 e. The van der Waals surface area contributed by atoms with Crippen LogP contribution in [0.2, 0.25) is 0 Å². The van der Waals surface area contributed by atoms with Gasteiger partial charge in [0.05, 0.1) is 12.8 Å². The van der Waals surface area contributed by atoms with Gasteiger partial charge in [-0.2, -0.15) is 0 Å². The SMILES string of the molecule is COc1ccc(-c2nc(CSc3nnc(N4CCCC4)n3C3CC3)co2)cc1. The van der Waals surface area contributed by atoms with Crippen molar-refractivity contribution in [3.8, 4) is 17.2 Å². The minimum atomic E-state index is 0.556. The lowest BCUT2D eigenvalue weighted by Crippen LogP contribution is -2.22. The molecule has 8 heteroatoms. The van der Waals surface area contributed by atoms with Gasteiger partial charge in [-0.3, -0.25) is 4.57 Å². The van der Waals surface area contributed by atoms with E-state index in [4.69, 9.17) is 9.15 Å². The fourth-order valence-electron chi connectivity index (χ4n) is 3.53. The number of benzene rings is 1. The van der Waals surface area contributed by atoms with Crippen LogP contribution < -0.4 is 9.64 Å². The zero-order valence-corrected chi connectivity index (χ0v) is 16.7. The van der Waals surface area contributed by atoms with Crippen molar-refractivity contribution in [2.75, 3.05) is 25.1 Å². The van der Waals surface area contributed by atoms with Crippen LogP contribution in [-0.4, -0.2) is 39.9 Å². The topological polar surface area (TPSA) is 69.2 Å². The number of rotatable bonds is 7. The van der Waals surface area contributed by atoms with E-state index in [1.165, 1.54) is 25.7 Å². The lowest BCUT2D eigenvalue weighted by molar-refractivity contribution is 0.415. The average molecular weight is 398 g/mol. The highest BCUT2D eigenvalue weighted by molar-refractivity contribution is 7.98. The van der Waals surface area contributed by atoms with E-state index in [2.05, 4.69) is 24.6 Å². The quantitative estimate of drug-likeness (QED) is 0.554. The number of thioether (sulfide) groups is 1. The van der Waals surface area contributed by atoms with Crippen molar-refractivity contribution < 1.29 is 9.15 Å². The first-order valence-corrected chi connectivity index (χ1v) is 10.7. The van der Waals surface area contributed by atoms with Crippen LogP contribution in [0.3, 0.4) is 0 Å². The number of methoxy groups -OCH3 is 1. The molecule has 2 fully saturated rings. The van der Waals surface area contributed by atoms with E-state index in [0.29, 0.717) is 17.7 Å². The van der Waals surface area contributed by atoms with Gasteiger partial charge in [-0.05, 0) is 49.9 Å². The third-order valence-electron chi connectivity index (χ3n) is 5.19. The van der Waals surface area contributed by atoms with Gasteiger partial charge in [0.1, 0.15) is 12.0 Å². The fraction of sp³-hybridized carbons (Fsp3) is 0.450. The van der Waals surface area contributed by atoms with E-state index in [-0.39, 0.29) is 0 Å². The van der Waals surface area contributed by atoms with Gasteiger partial charge >= 0.3 is 0 Å². The van der Waals surface area contributed by atoms with Crippen LogP contribution in [0.4, 0.5) is 5.95 Å². The van der Waals surface area contributed by atoms with Gasteiger partial charge in [-0.1, -0.05) is 11.8 Å². The molecule has 5 rings (SSSR count). The van der Waals surface area contributed by atoms with Crippen LogP contribution in [0.5, 0.6) is 5.75 Å². The van der Waals surface area contributed by atoms with Gasteiger partial charge in [0, 0.05) is 30.4 Å². The minimum Gasteiger partial charge on any atom is -0.497 e. The van der Waals surface area contributed by atoms with Gasteiger partial charge in [0.15, 0.2) is 5.16 Å². The predicted molar refractivity (Wildman–Crippen MR) is 108 cm³/mol. The van der Waals surface area contributed by atoms with Gasteiger partial charge in [0.2, 0.25) is 11.8 Å². The van der Waals surface area contributed by atoms with E-state index in [1.54, 1.807) is 25.1 Å². The molecule has 0 N–H and O–H groups in total. The summed E-state index contributed by atoms with van der Waals surface area (Å²) in [6, 6.07) is 8.28. The second-order valence-electron chi connectivity index (χ2n) is 7.24. The van der Waals surface area contributed by atoms with Gasteiger partial charge in [-0.15, -0.1) is 10.2 Å². The molecule has 7 nitrogen and oxygen atoms in total. The summed E-state index contributed by atoms with van der Waals surface area (Å²) in [5, 5.41) is 9.97. The van der Waals surface area contributed by atoms with Crippen molar-refractivity contribution in [3.05, 3.63) is 36.2 Å². The van der Waals surface area contributed by atoms with Gasteiger partial charge in [0.25, 0.3) is 0 Å². The molecule has 3 aromatic rings. The number of hydrogen-bond donors (Lipinski definition) is 0. The Kier molecular flexibility index (Phi) is 4.72. The Morgan fingerprint density at radius 1 is 1.14 bits per heavy atom. The van der Waals surface area contributed by atoms with Crippen molar-refractivity contribution in [2.45, 2.75) is 42.6 Å². The zero-order chi connectivity index (χ0) is 18.9. The molecule has 146 valence electrons. The lowest BCUT2D eigenvalue weighted by Gasteiger charge is -2.17. The molecule has 2 aromatic heterocycles. The molecule has 28 heavy (non-hydrogen) atoms. The van der Waals surface area contributed by atoms with Crippen molar-refractivity contribution in [1.29, 1.82) is 0 Å². The molecule has 0 bridgehead atoms. The highest BCUT2D eigenvalue weighted by Crippen LogP contribution is 2.41. The Labute approximate surface area is 168 Å². The standard InChI is InChI=1S/C20H23N5O2S/c1-26-17-8-4-14(5-9-17)18-21-15(12-27-18)13-28-20-23-22-19(24-10-2-3-11-24)25(20)16-6-7-16/h4-5,8-9,12,16H,2-3,6-7,10-11,13H2,1H3. The Balaban J connectivity index is 1.29. The minimum absolute atomic E-state index is 0.556. The third-order valence-corrected chi connectivity index (χ3v) is 6.16. The maximum atomic E-state index is 5.67. The predicted octanol–water partition coefficient (Wildman–Crippen LogP) is 4.17. The van der Waals surface area contributed by atoms with E-state index in [0.717, 1.165) is 41.2 Å². The van der Waals surface area contributed by atoms with E-state index < -0.39 is 0 Å². The fourth-order valence-corrected chi connectivity index (χ4v) is 4.41. The Hall–Kier alpha value is -2.48. The van der Waals surface area contributed by atoms with Crippen molar-refractivity contribution in [1.82, 2.24) is 19.7 Å². The molecule has 2 aliphatic rings. The summed E-state index contributed by atoms with van der Waals surface area (Å²) in [5.74, 6) is 3.20. The molecule has 0 radical (unpaired) electrons. The molecule has 1 aromatic carbocycles. The van der Waals surface area contributed by atoms with Crippen LogP contribution in [0.15, 0.2) is 40.1 Å². The Morgan fingerprint density at radius 2 is 1.93 bits per heavy atom. The third kappa shape index (κ3) is 3.48. The summed E-state index contributed by atoms with van der Waals surface area (Å²) in [6.45, 7) is 2.17. The Morgan fingerprint density at radius 3 is 2.64 bits per heavy atom. The lowest BCUT2D eigenvalue weighted by atomic mass is 10.2. The molecular weight excluding hydrogens is 374 g/mol. The normalized spacial score (nSPS) is 16.7. The first-order valence-electron chi connectivity index (χ1n) is 9.73. The van der Waals surface area contributed by atoms with Gasteiger partial charge in [-0.25, -0.2) is 4.98 Å². The van der Waals surface area contributed by atoms with Crippen molar-refractivity contribution in [3.63, 3.8) is 0 Å². The molecule has 1 aliphatic heterocycles. The second kappa shape index (κ2) is 7.50. The molecule has 3 heterocycles. The van der Waals surface area contributed by atoms with Crippen LogP contribution in [0.1, 0.15) is 37.4 Å². The molecule has 1 saturated carbocycles. The van der Waals surface area contributed by atoms with E-state index in [1.807, 2.05) is 24.3 Å². The number of nitrogens with zero attached hydrogens (tertiary/aromatic N) is 5. The summed E-state index contributed by atoms with van der Waals surface area (Å²) < 4.78 is 13.2. The van der Waals surface area contributed by atoms with Crippen LogP contribution in [0, 0.1) is 0 Å². The summed E-state index contributed by atoms with van der Waals surface area (Å²) >= 11 is 1.68. The van der Waals surface area contributed by atoms with Gasteiger partial charge < -0.3 is 14.1 Å². The first-order chi connectivity index (χ1) is 13.8. The molecule has 0 unspecified atom stereocenters. The van der Waals surface area contributed by atoms with Crippen LogP contribution in [-0.2, 0) is 5.75 Å². The van der Waals surface area contributed by atoms with Crippen LogP contribution >= 0.6 is 11.8 Å². The summed E-state index contributed by atoms with van der Waals surface area (Å²) in [5.41, 5.74) is 1.85.